The Bertz CT molecular complexity index is 2360. The zero-order chi connectivity index (χ0) is 44.5. The maximum Gasteiger partial charge on any atom is 0.266 e. The summed E-state index contributed by atoms with van der Waals surface area (Å²) in [6.07, 6.45) is 2.54. The van der Waals surface area contributed by atoms with Crippen LogP contribution < -0.4 is 21.1 Å². The summed E-state index contributed by atoms with van der Waals surface area (Å²) in [7, 11) is 0. The summed E-state index contributed by atoms with van der Waals surface area (Å²) < 4.78 is 58.2. The fraction of sp³-hybridized carbons (Fsp3) is 0.422. The summed E-state index contributed by atoms with van der Waals surface area (Å²) in [6.45, 7) is 2.32. The summed E-state index contributed by atoms with van der Waals surface area (Å²) in [6, 6.07) is 16.7. The van der Waals surface area contributed by atoms with E-state index in [1.807, 2.05) is 48.7 Å². The van der Waals surface area contributed by atoms with E-state index in [1.165, 1.54) is 6.07 Å². The molecule has 4 N–H and O–H groups in total. The predicted molar refractivity (Wildman–Crippen MR) is 231 cm³/mol. The van der Waals surface area contributed by atoms with Crippen LogP contribution in [0.2, 0.25) is 0 Å². The number of nitrogens with zero attached hydrogens (tertiary/aromatic N) is 2. The van der Waals surface area contributed by atoms with E-state index < -0.39 is 35.6 Å². The molecule has 2 fully saturated rings. The minimum atomic E-state index is -2.66. The van der Waals surface area contributed by atoms with Gasteiger partial charge in [-0.25, -0.2) is 8.78 Å². The number of thiocarbonyl (C=S) groups is 1. The summed E-state index contributed by atoms with van der Waals surface area (Å²) in [5.41, 5.74) is 10.1. The van der Waals surface area contributed by atoms with Gasteiger partial charge in [-0.05, 0) is 55.2 Å². The van der Waals surface area contributed by atoms with E-state index >= 15 is 0 Å². The minimum absolute atomic E-state index is 0.0318. The minimum Gasteiger partial charge on any atom is -0.490 e. The quantitative estimate of drug-likeness (QED) is 0.0537. The standard InChI is InChI=1S/C45H49F2N5O10S/c46-45(47)14-11-31(12-15-45)51-27-34(28-3-1-4-29(25-28)41(48)63)32-8-7-30(26-36(32)51)49-39(54)13-16-58-17-18-59-19-20-60-21-22-61-23-24-62-37-6-2-5-33-40(37)44(57)52(43(33)56)35-9-10-38(53)50-42(35)55/h1-8,25-27,31,35H,9-24H2,(H2,48,63)(H,49,54)(H,50,53,55). The molecular weight excluding hydrogens is 841 g/mol. The highest BCUT2D eigenvalue weighted by Crippen LogP contribution is 2.42. The molecule has 4 aromatic rings. The third-order valence-corrected chi connectivity index (χ3v) is 11.4. The van der Waals surface area contributed by atoms with Crippen molar-refractivity contribution in [2.45, 2.75) is 63.0 Å². The second kappa shape index (κ2) is 20.7. The van der Waals surface area contributed by atoms with Crippen molar-refractivity contribution in [2.75, 3.05) is 64.8 Å². The number of ether oxygens (including phenoxy) is 5. The van der Waals surface area contributed by atoms with Gasteiger partial charge in [-0.1, -0.05) is 42.5 Å². The molecule has 1 unspecified atom stereocenters. The summed E-state index contributed by atoms with van der Waals surface area (Å²) in [5.74, 6) is -5.07. The number of amides is 5. The van der Waals surface area contributed by atoms with E-state index in [9.17, 15) is 32.8 Å². The van der Waals surface area contributed by atoms with Crippen LogP contribution in [-0.2, 0) is 33.3 Å². The van der Waals surface area contributed by atoms with Gasteiger partial charge in [0.05, 0.1) is 75.9 Å². The lowest BCUT2D eigenvalue weighted by molar-refractivity contribution is -0.136. The van der Waals surface area contributed by atoms with Crippen molar-refractivity contribution in [1.82, 2.24) is 14.8 Å². The number of carbonyl (C=O) groups is 5. The number of nitrogens with two attached hydrogens (primary N) is 1. The molecule has 18 heteroatoms. The topological polar surface area (TPSA) is 190 Å². The van der Waals surface area contributed by atoms with Crippen LogP contribution in [0, 0.1) is 0 Å². The predicted octanol–water partition coefficient (Wildman–Crippen LogP) is 5.57. The number of nitrogens with one attached hydrogen (secondary N) is 2. The summed E-state index contributed by atoms with van der Waals surface area (Å²) in [4.78, 5) is 64.1. The number of benzene rings is 3. The molecule has 0 radical (unpaired) electrons. The highest BCUT2D eigenvalue weighted by atomic mass is 32.1. The molecule has 1 saturated heterocycles. The number of alkyl halides is 2. The lowest BCUT2D eigenvalue weighted by atomic mass is 9.92. The average molecular weight is 890 g/mol. The first-order valence-electron chi connectivity index (χ1n) is 20.9. The lowest BCUT2D eigenvalue weighted by Gasteiger charge is -2.29. The average Bonchev–Trinajstić information content (AvgIpc) is 3.76. The van der Waals surface area contributed by atoms with Gasteiger partial charge in [0.2, 0.25) is 23.6 Å². The molecule has 0 bridgehead atoms. The van der Waals surface area contributed by atoms with Crippen molar-refractivity contribution in [3.8, 4) is 16.9 Å². The number of fused-ring (bicyclic) bond motifs is 2. The van der Waals surface area contributed by atoms with Gasteiger partial charge in [0, 0.05) is 53.7 Å². The van der Waals surface area contributed by atoms with Gasteiger partial charge in [-0.15, -0.1) is 0 Å². The third-order valence-electron chi connectivity index (χ3n) is 11.2. The Kier molecular flexibility index (Phi) is 14.9. The Hall–Kier alpha value is -5.66. The van der Waals surface area contributed by atoms with Crippen LogP contribution >= 0.6 is 12.2 Å². The van der Waals surface area contributed by atoms with Gasteiger partial charge in [0.25, 0.3) is 11.8 Å². The van der Waals surface area contributed by atoms with Crippen molar-refractivity contribution in [1.29, 1.82) is 0 Å². The Morgan fingerprint density at radius 3 is 2.16 bits per heavy atom. The largest absolute Gasteiger partial charge is 0.490 e. The number of rotatable bonds is 21. The molecule has 15 nitrogen and oxygen atoms in total. The number of aromatic nitrogens is 1. The fourth-order valence-corrected chi connectivity index (χ4v) is 8.10. The van der Waals surface area contributed by atoms with E-state index in [0.29, 0.717) is 45.0 Å². The van der Waals surface area contributed by atoms with Gasteiger partial charge < -0.3 is 39.3 Å². The van der Waals surface area contributed by atoms with E-state index in [1.54, 1.807) is 12.1 Å². The molecule has 334 valence electrons. The van der Waals surface area contributed by atoms with Gasteiger partial charge in [-0.3, -0.25) is 34.2 Å². The Morgan fingerprint density at radius 2 is 1.48 bits per heavy atom. The van der Waals surface area contributed by atoms with Crippen LogP contribution in [0.4, 0.5) is 14.5 Å². The molecule has 63 heavy (non-hydrogen) atoms. The first-order chi connectivity index (χ1) is 30.4. The van der Waals surface area contributed by atoms with E-state index in [4.69, 9.17) is 41.6 Å². The van der Waals surface area contributed by atoms with Crippen molar-refractivity contribution >= 4 is 63.3 Å². The first-order valence-corrected chi connectivity index (χ1v) is 21.3. The van der Waals surface area contributed by atoms with Crippen LogP contribution in [0.5, 0.6) is 5.75 Å². The number of carbonyl (C=O) groups excluding carboxylic acids is 5. The van der Waals surface area contributed by atoms with Crippen LogP contribution in [0.25, 0.3) is 22.0 Å². The van der Waals surface area contributed by atoms with Crippen molar-refractivity contribution in [3.63, 3.8) is 0 Å². The monoisotopic (exact) mass is 889 g/mol. The molecule has 3 aromatic carbocycles. The first kappa shape index (κ1) is 45.4. The van der Waals surface area contributed by atoms with Gasteiger partial charge in [0.15, 0.2) is 0 Å². The number of halogens is 2. The summed E-state index contributed by atoms with van der Waals surface area (Å²) in [5, 5.41) is 6.03. The van der Waals surface area contributed by atoms with Gasteiger partial charge in [-0.2, -0.15) is 0 Å². The zero-order valence-electron chi connectivity index (χ0n) is 34.5. The Labute approximate surface area is 367 Å². The number of hydrogen-bond donors (Lipinski definition) is 3. The SMILES string of the molecule is NC(=S)c1cccc(-c2cn(C3CCC(F)(F)CC3)c3cc(NC(=O)CCOCCOCCOCCOCCOc4cccc5c4C(=O)N(C4CCC(=O)NC4=O)C5=O)ccc23)c1. The number of hydrogen-bond acceptors (Lipinski definition) is 11. The van der Waals surface area contributed by atoms with Crippen LogP contribution in [0.1, 0.15) is 77.3 Å². The fourth-order valence-electron chi connectivity index (χ4n) is 7.97. The molecule has 1 aromatic heterocycles. The summed E-state index contributed by atoms with van der Waals surface area (Å²) >= 11 is 5.19. The zero-order valence-corrected chi connectivity index (χ0v) is 35.4. The Morgan fingerprint density at radius 1 is 0.810 bits per heavy atom. The van der Waals surface area contributed by atoms with Crippen LogP contribution in [0.3, 0.4) is 0 Å². The third kappa shape index (κ3) is 11.1. The molecule has 3 heterocycles. The van der Waals surface area contributed by atoms with Crippen molar-refractivity contribution in [3.05, 3.63) is 83.6 Å². The molecule has 3 aliphatic rings. The van der Waals surface area contributed by atoms with Crippen LogP contribution in [0.15, 0.2) is 66.9 Å². The lowest BCUT2D eigenvalue weighted by Crippen LogP contribution is -2.54. The second-order valence-electron chi connectivity index (χ2n) is 15.4. The Balaban J connectivity index is 0.760. The molecule has 1 saturated carbocycles. The number of imide groups is 2. The van der Waals surface area contributed by atoms with Gasteiger partial charge >= 0.3 is 0 Å². The smallest absolute Gasteiger partial charge is 0.266 e. The van der Waals surface area contributed by atoms with Crippen molar-refractivity contribution < 1.29 is 56.4 Å². The van der Waals surface area contributed by atoms with E-state index in [2.05, 4.69) is 15.2 Å². The second-order valence-corrected chi connectivity index (χ2v) is 15.9. The van der Waals surface area contributed by atoms with E-state index in [-0.39, 0.29) is 99.0 Å². The molecule has 0 spiro atoms. The highest BCUT2D eigenvalue weighted by Gasteiger charge is 2.46. The van der Waals surface area contributed by atoms with E-state index in [0.717, 1.165) is 32.5 Å². The molecular formula is C45H49F2N5O10S. The molecule has 5 amide bonds. The molecule has 1 atom stereocenters. The molecule has 2 aliphatic heterocycles. The maximum absolute atomic E-state index is 14.1. The number of piperidine rings is 1. The molecule has 1 aliphatic carbocycles. The van der Waals surface area contributed by atoms with Gasteiger partial charge in [0.1, 0.15) is 23.4 Å². The number of anilines is 1. The van der Waals surface area contributed by atoms with Crippen LogP contribution in [-0.4, -0.2) is 115 Å². The van der Waals surface area contributed by atoms with Crippen molar-refractivity contribution in [2.24, 2.45) is 5.73 Å². The molecule has 7 rings (SSSR count). The highest BCUT2D eigenvalue weighted by molar-refractivity contribution is 7.80. The normalized spacial score (nSPS) is 17.6. The maximum atomic E-state index is 14.1.